The molecule has 0 unspecified atom stereocenters. The van der Waals surface area contributed by atoms with Crippen LogP contribution in [0.5, 0.6) is 0 Å². The summed E-state index contributed by atoms with van der Waals surface area (Å²) in [6.07, 6.45) is 1.70. The predicted molar refractivity (Wildman–Crippen MR) is 97.1 cm³/mol. The minimum absolute atomic E-state index is 0.376. The van der Waals surface area contributed by atoms with E-state index in [0.717, 1.165) is 18.2 Å². The fraction of sp³-hybridized carbons (Fsp3) is 0.278. The first-order valence-corrected chi connectivity index (χ1v) is 7.94. The Morgan fingerprint density at radius 3 is 2.29 bits per heavy atom. The van der Waals surface area contributed by atoms with Gasteiger partial charge in [-0.05, 0) is 43.7 Å². The number of hydrogen-bond donors (Lipinski definition) is 0. The minimum atomic E-state index is -0.636. The maximum atomic E-state index is 13.5. The summed E-state index contributed by atoms with van der Waals surface area (Å²) in [6.45, 7) is 4.76. The van der Waals surface area contributed by atoms with Crippen molar-refractivity contribution in [3.05, 3.63) is 52.6 Å². The molecule has 0 radical (unpaired) electrons. The summed E-state index contributed by atoms with van der Waals surface area (Å²) in [4.78, 5) is 7.97. The summed E-state index contributed by atoms with van der Waals surface area (Å²) in [7, 11) is 3.62. The molecule has 24 heavy (non-hydrogen) atoms. The van der Waals surface area contributed by atoms with Crippen molar-refractivity contribution in [1.82, 2.24) is 4.90 Å². The summed E-state index contributed by atoms with van der Waals surface area (Å²) in [6, 6.07) is 7.08. The molecule has 0 N–H and O–H groups in total. The molecule has 128 valence electrons. The van der Waals surface area contributed by atoms with Crippen molar-refractivity contribution in [2.24, 2.45) is 4.99 Å². The van der Waals surface area contributed by atoms with Crippen molar-refractivity contribution >= 4 is 35.0 Å². The van der Waals surface area contributed by atoms with Crippen LogP contribution in [0.3, 0.4) is 0 Å². The van der Waals surface area contributed by atoms with Crippen LogP contribution in [0.25, 0.3) is 0 Å². The topological polar surface area (TPSA) is 18.8 Å². The van der Waals surface area contributed by atoms with Crippen LogP contribution in [0.4, 0.5) is 25.8 Å². The van der Waals surface area contributed by atoms with Crippen molar-refractivity contribution < 1.29 is 8.78 Å². The molecule has 2 aromatic carbocycles. The monoisotopic (exact) mass is 351 g/mol. The highest BCUT2D eigenvalue weighted by molar-refractivity contribution is 6.36. The SMILES string of the molecule is CCN(C)C=Nc1cc(C)cc(N(C)c2cc(F)cc(F)c2)c1Cl. The highest BCUT2D eigenvalue weighted by atomic mass is 35.5. The third-order valence-electron chi connectivity index (χ3n) is 3.67. The zero-order valence-corrected chi connectivity index (χ0v) is 14.9. The standard InChI is InChI=1S/C18H20ClF2N3/c1-5-23(3)11-22-16-6-12(2)7-17(18(16)19)24(4)15-9-13(20)8-14(21)10-15/h6-11H,5H2,1-4H3. The van der Waals surface area contributed by atoms with E-state index in [9.17, 15) is 8.78 Å². The van der Waals surface area contributed by atoms with Crippen LogP contribution in [0.2, 0.25) is 5.02 Å². The molecule has 0 spiro atoms. The third-order valence-corrected chi connectivity index (χ3v) is 4.05. The van der Waals surface area contributed by atoms with E-state index in [2.05, 4.69) is 4.99 Å². The summed E-state index contributed by atoms with van der Waals surface area (Å²) in [5.74, 6) is -1.27. The molecule has 2 rings (SSSR count). The lowest BCUT2D eigenvalue weighted by atomic mass is 10.1. The quantitative estimate of drug-likeness (QED) is 0.537. The maximum Gasteiger partial charge on any atom is 0.128 e. The Bertz CT molecular complexity index is 742. The number of rotatable bonds is 5. The molecule has 0 atom stereocenters. The lowest BCUT2D eigenvalue weighted by Gasteiger charge is -2.22. The predicted octanol–water partition coefficient (Wildman–Crippen LogP) is 5.31. The first-order chi connectivity index (χ1) is 11.3. The van der Waals surface area contributed by atoms with Gasteiger partial charge in [0.1, 0.15) is 11.6 Å². The van der Waals surface area contributed by atoms with Crippen LogP contribution >= 0.6 is 11.6 Å². The number of benzene rings is 2. The van der Waals surface area contributed by atoms with E-state index in [4.69, 9.17) is 11.6 Å². The van der Waals surface area contributed by atoms with Gasteiger partial charge in [-0.3, -0.25) is 0 Å². The summed E-state index contributed by atoms with van der Waals surface area (Å²) < 4.78 is 27.0. The van der Waals surface area contributed by atoms with Crippen LogP contribution in [0.15, 0.2) is 35.3 Å². The first kappa shape index (κ1) is 18.2. The van der Waals surface area contributed by atoms with E-state index in [-0.39, 0.29) is 0 Å². The molecular formula is C18H20ClF2N3. The lowest BCUT2D eigenvalue weighted by Crippen LogP contribution is -2.14. The third kappa shape index (κ3) is 4.23. The van der Waals surface area contributed by atoms with Crippen molar-refractivity contribution in [3.8, 4) is 0 Å². The number of hydrogen-bond acceptors (Lipinski definition) is 2. The molecule has 6 heteroatoms. The van der Waals surface area contributed by atoms with Crippen molar-refractivity contribution in [2.75, 3.05) is 25.5 Å². The van der Waals surface area contributed by atoms with Gasteiger partial charge in [0.15, 0.2) is 0 Å². The number of anilines is 2. The van der Waals surface area contributed by atoms with Gasteiger partial charge in [0.25, 0.3) is 0 Å². The fourth-order valence-corrected chi connectivity index (χ4v) is 2.47. The molecule has 0 saturated carbocycles. The minimum Gasteiger partial charge on any atom is -0.366 e. The molecule has 0 bridgehead atoms. The van der Waals surface area contributed by atoms with Crippen molar-refractivity contribution in [1.29, 1.82) is 0 Å². The summed E-state index contributed by atoms with van der Waals surface area (Å²) >= 11 is 6.47. The molecule has 0 saturated heterocycles. The first-order valence-electron chi connectivity index (χ1n) is 7.56. The van der Waals surface area contributed by atoms with Crippen LogP contribution in [0, 0.1) is 18.6 Å². The lowest BCUT2D eigenvalue weighted by molar-refractivity contribution is 0.552. The zero-order valence-electron chi connectivity index (χ0n) is 14.1. The molecule has 0 aromatic heterocycles. The highest BCUT2D eigenvalue weighted by Gasteiger charge is 2.14. The van der Waals surface area contributed by atoms with Gasteiger partial charge in [-0.25, -0.2) is 13.8 Å². The van der Waals surface area contributed by atoms with E-state index in [1.54, 1.807) is 18.3 Å². The summed E-state index contributed by atoms with van der Waals surface area (Å²) in [5, 5.41) is 0.425. The van der Waals surface area contributed by atoms with Crippen molar-refractivity contribution in [2.45, 2.75) is 13.8 Å². The Kier molecular flexibility index (Phi) is 5.78. The molecular weight excluding hydrogens is 332 g/mol. The zero-order chi connectivity index (χ0) is 17.9. The number of nitrogens with zero attached hydrogens (tertiary/aromatic N) is 3. The van der Waals surface area contributed by atoms with E-state index < -0.39 is 11.6 Å². The maximum absolute atomic E-state index is 13.5. The second-order valence-corrected chi connectivity index (χ2v) is 6.00. The Morgan fingerprint density at radius 1 is 1.08 bits per heavy atom. The molecule has 0 aliphatic rings. The number of aliphatic imine (C=N–C) groups is 1. The van der Waals surface area contributed by atoms with Gasteiger partial charge < -0.3 is 9.80 Å². The average molecular weight is 352 g/mol. The van der Waals surface area contributed by atoms with Crippen LogP contribution in [-0.2, 0) is 0 Å². The van der Waals surface area contributed by atoms with Gasteiger partial charge in [0.05, 0.1) is 22.7 Å². The Morgan fingerprint density at radius 2 is 1.71 bits per heavy atom. The van der Waals surface area contributed by atoms with Gasteiger partial charge in [0, 0.05) is 32.4 Å². The van der Waals surface area contributed by atoms with Gasteiger partial charge >= 0.3 is 0 Å². The molecule has 0 fully saturated rings. The largest absolute Gasteiger partial charge is 0.366 e. The molecule has 0 aliphatic carbocycles. The normalized spacial score (nSPS) is 11.1. The Balaban J connectivity index is 2.46. The fourth-order valence-electron chi connectivity index (χ4n) is 2.18. The molecule has 0 aliphatic heterocycles. The van der Waals surface area contributed by atoms with Crippen molar-refractivity contribution in [3.63, 3.8) is 0 Å². The molecule has 3 nitrogen and oxygen atoms in total. The highest BCUT2D eigenvalue weighted by Crippen LogP contribution is 2.38. The Hall–Kier alpha value is -2.14. The van der Waals surface area contributed by atoms with E-state index in [1.165, 1.54) is 12.1 Å². The Labute approximate surface area is 146 Å². The van der Waals surface area contributed by atoms with Crippen LogP contribution < -0.4 is 4.90 Å². The van der Waals surface area contributed by atoms with E-state index in [1.807, 2.05) is 37.9 Å². The second kappa shape index (κ2) is 7.62. The molecule has 0 amide bonds. The van der Waals surface area contributed by atoms with Crippen LogP contribution in [-0.4, -0.2) is 31.9 Å². The van der Waals surface area contributed by atoms with Gasteiger partial charge in [-0.2, -0.15) is 0 Å². The average Bonchev–Trinajstić information content (AvgIpc) is 2.53. The van der Waals surface area contributed by atoms with E-state index in [0.29, 0.717) is 22.1 Å². The van der Waals surface area contributed by atoms with Crippen LogP contribution in [0.1, 0.15) is 12.5 Å². The number of aryl methyl sites for hydroxylation is 1. The number of halogens is 3. The smallest absolute Gasteiger partial charge is 0.128 e. The van der Waals surface area contributed by atoms with Gasteiger partial charge in [-0.15, -0.1) is 0 Å². The molecule has 2 aromatic rings. The molecule has 0 heterocycles. The van der Waals surface area contributed by atoms with Gasteiger partial charge in [0.2, 0.25) is 0 Å². The van der Waals surface area contributed by atoms with Gasteiger partial charge in [-0.1, -0.05) is 11.6 Å². The van der Waals surface area contributed by atoms with E-state index >= 15 is 0 Å². The second-order valence-electron chi connectivity index (χ2n) is 5.62. The summed E-state index contributed by atoms with van der Waals surface area (Å²) in [5.41, 5.74) is 2.56.